The van der Waals surface area contributed by atoms with Gasteiger partial charge in [-0.25, -0.2) is 14.2 Å². The Bertz CT molecular complexity index is 1870. The van der Waals surface area contributed by atoms with E-state index in [1.54, 1.807) is 42.5 Å². The standard InChI is InChI=1S/C12H9N3O4.C7H4FN.C7H7N3/c1-19-12(18)8-9(16)11(17)15-10(13-8)6-4-2-3-5-7(6)14-15;8-7-4-2-1-3-6(7)5-9;8-7-5-3-1-2-4-6(5)9-10-7/h2-5,14,16H,1H3;1-4H;1-4H,(H3,8,9,10). The number of hydrogen-bond donors (Lipinski definition) is 4. The molecular formula is C26H20FN7O4. The van der Waals surface area contributed by atoms with Crippen LogP contribution in [-0.2, 0) is 4.74 Å². The molecule has 0 spiro atoms. The van der Waals surface area contributed by atoms with Gasteiger partial charge in [-0.05, 0) is 36.4 Å². The van der Waals surface area contributed by atoms with Gasteiger partial charge in [-0.3, -0.25) is 15.0 Å². The van der Waals surface area contributed by atoms with Crippen LogP contribution in [0.3, 0.4) is 0 Å². The Morgan fingerprint density at radius 1 is 1.05 bits per heavy atom. The molecule has 6 rings (SSSR count). The van der Waals surface area contributed by atoms with Crippen molar-refractivity contribution in [2.45, 2.75) is 0 Å². The van der Waals surface area contributed by atoms with Crippen LogP contribution in [0.1, 0.15) is 16.1 Å². The van der Waals surface area contributed by atoms with Gasteiger partial charge < -0.3 is 15.6 Å². The number of nitriles is 1. The number of benzene rings is 3. The molecule has 0 unspecified atom stereocenters. The summed E-state index contributed by atoms with van der Waals surface area (Å²) >= 11 is 0. The van der Waals surface area contributed by atoms with E-state index < -0.39 is 28.8 Å². The van der Waals surface area contributed by atoms with E-state index in [0.717, 1.165) is 22.5 Å². The summed E-state index contributed by atoms with van der Waals surface area (Å²) < 4.78 is 17.9. The number of para-hydroxylation sites is 2. The number of fused-ring (bicyclic) bond motifs is 4. The van der Waals surface area contributed by atoms with Gasteiger partial charge in [0.05, 0.1) is 23.7 Å². The second kappa shape index (κ2) is 10.9. The molecule has 3 aromatic carbocycles. The minimum absolute atomic E-state index is 0.0949. The van der Waals surface area contributed by atoms with Crippen molar-refractivity contribution in [3.05, 3.63) is 100 Å². The first kappa shape index (κ1) is 25.4. The number of methoxy groups -OCH3 is 1. The largest absolute Gasteiger partial charge is 0.501 e. The van der Waals surface area contributed by atoms with Crippen LogP contribution in [0.2, 0.25) is 0 Å². The lowest BCUT2D eigenvalue weighted by atomic mass is 10.2. The number of carbonyl (C=O) groups excluding carboxylic acids is 1. The molecule has 0 aliphatic heterocycles. The molecule has 190 valence electrons. The average molecular weight is 513 g/mol. The number of carbonyl (C=O) groups is 1. The summed E-state index contributed by atoms with van der Waals surface area (Å²) in [5.41, 5.74) is 6.41. The Kier molecular flexibility index (Phi) is 7.30. The molecule has 0 aliphatic rings. The van der Waals surface area contributed by atoms with Crippen molar-refractivity contribution in [1.82, 2.24) is 24.8 Å². The maximum atomic E-state index is 12.4. The van der Waals surface area contributed by atoms with Gasteiger partial charge >= 0.3 is 11.5 Å². The van der Waals surface area contributed by atoms with Gasteiger partial charge in [-0.2, -0.15) is 14.9 Å². The third kappa shape index (κ3) is 4.98. The lowest BCUT2D eigenvalue weighted by Gasteiger charge is -2.01. The summed E-state index contributed by atoms with van der Waals surface area (Å²) in [5, 5.41) is 29.1. The molecule has 0 radical (unpaired) electrons. The average Bonchev–Trinajstić information content (AvgIpc) is 3.52. The number of H-pyrrole nitrogens is 2. The first-order valence-electron chi connectivity index (χ1n) is 11.0. The Hall–Kier alpha value is -5.70. The number of nitrogens with one attached hydrogen (secondary N) is 2. The Labute approximate surface area is 213 Å². The van der Waals surface area contributed by atoms with Crippen LogP contribution >= 0.6 is 0 Å². The highest BCUT2D eigenvalue weighted by Crippen LogP contribution is 2.19. The van der Waals surface area contributed by atoms with Crippen molar-refractivity contribution in [2.75, 3.05) is 12.8 Å². The SMILES string of the molecule is COC(=O)c1nc2c3ccccc3[nH]n2c(=O)c1O.N#Cc1ccccc1F.Nc1n[nH]c2ccccc12. The molecule has 0 amide bonds. The number of ether oxygens (including phenoxy) is 1. The molecule has 3 aromatic heterocycles. The number of halogens is 1. The van der Waals surface area contributed by atoms with Gasteiger partial charge in [-0.15, -0.1) is 0 Å². The van der Waals surface area contributed by atoms with Crippen molar-refractivity contribution < 1.29 is 19.0 Å². The highest BCUT2D eigenvalue weighted by molar-refractivity contribution is 5.95. The van der Waals surface area contributed by atoms with Gasteiger partial charge in [0.1, 0.15) is 11.9 Å². The Balaban J connectivity index is 0.000000148. The highest BCUT2D eigenvalue weighted by atomic mass is 19.1. The first-order valence-corrected chi connectivity index (χ1v) is 11.0. The lowest BCUT2D eigenvalue weighted by molar-refractivity contribution is 0.0590. The fourth-order valence-corrected chi connectivity index (χ4v) is 3.47. The normalized spacial score (nSPS) is 10.2. The summed E-state index contributed by atoms with van der Waals surface area (Å²) in [4.78, 5) is 27.5. The molecule has 11 nitrogen and oxygen atoms in total. The van der Waals surface area contributed by atoms with E-state index in [0.29, 0.717) is 16.7 Å². The third-order valence-electron chi connectivity index (χ3n) is 5.33. The fraction of sp³-hybridized carbons (Fsp3) is 0.0385. The van der Waals surface area contributed by atoms with Gasteiger partial charge in [-0.1, -0.05) is 36.4 Å². The monoisotopic (exact) mass is 513 g/mol. The molecule has 0 bridgehead atoms. The summed E-state index contributed by atoms with van der Waals surface area (Å²) in [5.74, 6) is -1.49. The maximum absolute atomic E-state index is 12.4. The Morgan fingerprint density at radius 3 is 2.32 bits per heavy atom. The number of aromatic amines is 2. The lowest BCUT2D eigenvalue weighted by Crippen LogP contribution is -2.19. The van der Waals surface area contributed by atoms with Crippen LogP contribution in [0.25, 0.3) is 27.5 Å². The van der Waals surface area contributed by atoms with Crippen LogP contribution in [0.15, 0.2) is 77.6 Å². The summed E-state index contributed by atoms with van der Waals surface area (Å²) in [6, 6.07) is 22.5. The number of anilines is 1. The number of esters is 1. The van der Waals surface area contributed by atoms with Crippen LogP contribution in [0.5, 0.6) is 5.75 Å². The van der Waals surface area contributed by atoms with E-state index in [2.05, 4.69) is 25.0 Å². The van der Waals surface area contributed by atoms with E-state index >= 15 is 0 Å². The number of nitrogens with two attached hydrogens (primary N) is 1. The van der Waals surface area contributed by atoms with Crippen molar-refractivity contribution in [2.24, 2.45) is 0 Å². The smallest absolute Gasteiger partial charge is 0.360 e. The molecule has 6 aromatic rings. The highest BCUT2D eigenvalue weighted by Gasteiger charge is 2.21. The Morgan fingerprint density at radius 2 is 1.68 bits per heavy atom. The summed E-state index contributed by atoms with van der Waals surface area (Å²) in [6.07, 6.45) is 0. The number of aromatic hydroxyl groups is 1. The third-order valence-corrected chi connectivity index (χ3v) is 5.33. The maximum Gasteiger partial charge on any atom is 0.360 e. The van der Waals surface area contributed by atoms with E-state index in [4.69, 9.17) is 11.0 Å². The minimum Gasteiger partial charge on any atom is -0.501 e. The van der Waals surface area contributed by atoms with Gasteiger partial charge in [0.15, 0.2) is 17.2 Å². The first-order chi connectivity index (χ1) is 18.3. The minimum atomic E-state index is -0.859. The number of nitrogens with zero attached hydrogens (tertiary/aromatic N) is 4. The second-order valence-electron chi connectivity index (χ2n) is 7.67. The molecule has 0 aliphatic carbocycles. The van der Waals surface area contributed by atoms with Crippen molar-refractivity contribution >= 4 is 39.2 Å². The van der Waals surface area contributed by atoms with Gasteiger partial charge in [0.25, 0.3) is 0 Å². The summed E-state index contributed by atoms with van der Waals surface area (Å²) in [6.45, 7) is 0. The zero-order valence-electron chi connectivity index (χ0n) is 19.8. The summed E-state index contributed by atoms with van der Waals surface area (Å²) in [7, 11) is 1.15. The predicted octanol–water partition coefficient (Wildman–Crippen LogP) is 3.51. The topological polar surface area (TPSA) is 175 Å². The van der Waals surface area contributed by atoms with E-state index in [1.165, 1.54) is 12.1 Å². The van der Waals surface area contributed by atoms with E-state index in [9.17, 15) is 19.1 Å². The molecule has 38 heavy (non-hydrogen) atoms. The zero-order valence-corrected chi connectivity index (χ0v) is 19.8. The van der Waals surface area contributed by atoms with E-state index in [1.807, 2.05) is 24.3 Å². The predicted molar refractivity (Wildman–Crippen MR) is 138 cm³/mol. The van der Waals surface area contributed by atoms with Crippen molar-refractivity contribution in [3.63, 3.8) is 0 Å². The second-order valence-corrected chi connectivity index (χ2v) is 7.67. The fourth-order valence-electron chi connectivity index (χ4n) is 3.47. The van der Waals surface area contributed by atoms with Crippen molar-refractivity contribution in [1.29, 1.82) is 5.26 Å². The molecule has 0 fully saturated rings. The van der Waals surface area contributed by atoms with Crippen LogP contribution < -0.4 is 11.3 Å². The van der Waals surface area contributed by atoms with E-state index in [-0.39, 0.29) is 11.2 Å². The molecule has 0 saturated heterocycles. The quantitative estimate of drug-likeness (QED) is 0.242. The molecule has 5 N–H and O–H groups in total. The number of rotatable bonds is 1. The van der Waals surface area contributed by atoms with Gasteiger partial charge in [0.2, 0.25) is 5.75 Å². The van der Waals surface area contributed by atoms with Crippen LogP contribution in [-0.4, -0.2) is 43.0 Å². The van der Waals surface area contributed by atoms with Crippen LogP contribution in [0, 0.1) is 17.1 Å². The van der Waals surface area contributed by atoms with Crippen LogP contribution in [0.4, 0.5) is 10.2 Å². The molecule has 3 heterocycles. The zero-order chi connectivity index (χ0) is 27.2. The molecule has 0 atom stereocenters. The number of hydrogen-bond acceptors (Lipinski definition) is 8. The molecule has 12 heteroatoms. The van der Waals surface area contributed by atoms with Crippen molar-refractivity contribution in [3.8, 4) is 11.8 Å². The molecular weight excluding hydrogens is 493 g/mol. The molecule has 0 saturated carbocycles. The van der Waals surface area contributed by atoms with Gasteiger partial charge in [0, 0.05) is 10.8 Å². The number of nitrogen functional groups attached to an aromatic ring is 1. The number of aromatic nitrogens is 5.